The standard InChI is InChI=1S/C25H35N6O18P3/c1-2-3-4-12-5-6-30(7-13(12)25(35)36)23-19(34)17(32)14(46-23)8-44-51(40,41)49-52(42,43)45-9-15-18(33)20(48-50(37,38)39)24(47-15)31-11-29-16-21(26)27-10-28-22(16)31/h5-7,10-11,14-15,17-20,23-24,32-34H,2-4,8-9H2,1H3,(H6-,26,27,28,35,36,37,38,39,40,41,42,43)/t14-,15+,17-,18+,19-,20+,23-,24+/m0/s1. The van der Waals surface area contributed by atoms with E-state index in [2.05, 4.69) is 19.3 Å². The molecule has 27 heteroatoms. The van der Waals surface area contributed by atoms with E-state index >= 15 is 0 Å². The Hall–Kier alpha value is -2.86. The Morgan fingerprint density at radius 3 is 2.27 bits per heavy atom. The van der Waals surface area contributed by atoms with Crippen LogP contribution in [0.2, 0.25) is 0 Å². The van der Waals surface area contributed by atoms with E-state index in [4.69, 9.17) is 28.8 Å². The van der Waals surface area contributed by atoms with Crippen LogP contribution in [0, 0.1) is 0 Å². The number of nitrogens with two attached hydrogens (primary N) is 1. The van der Waals surface area contributed by atoms with Crippen molar-refractivity contribution in [3.8, 4) is 0 Å². The maximum Gasteiger partial charge on any atom is 0.481 e. The maximum atomic E-state index is 12.6. The Kier molecular flexibility index (Phi) is 12.3. The smallest absolute Gasteiger partial charge is 0.481 e. The van der Waals surface area contributed by atoms with E-state index in [1.54, 1.807) is 0 Å². The van der Waals surface area contributed by atoms with Gasteiger partial charge in [0.2, 0.25) is 0 Å². The number of aliphatic hydroxyl groups is 3. The summed E-state index contributed by atoms with van der Waals surface area (Å²) in [6.45, 7) is -0.158. The number of aromatic carboxylic acids is 1. The molecule has 0 spiro atoms. The first-order valence-electron chi connectivity index (χ1n) is 15.2. The number of hydrogen-bond donors (Lipinski definition) is 8. The number of nitrogens with zero attached hydrogens (tertiary/aromatic N) is 5. The Balaban J connectivity index is 1.21. The molecule has 9 N–H and O–H groups in total. The molecule has 2 aliphatic heterocycles. The van der Waals surface area contributed by atoms with Crippen molar-refractivity contribution in [2.75, 3.05) is 18.9 Å². The zero-order valence-corrected chi connectivity index (χ0v) is 29.5. The van der Waals surface area contributed by atoms with E-state index in [0.717, 1.165) is 34.4 Å². The highest BCUT2D eigenvalue weighted by Crippen LogP contribution is 2.61. The molecule has 10 atom stereocenters. The third kappa shape index (κ3) is 9.25. The molecule has 0 saturated carbocycles. The topological polar surface area (TPSA) is 362 Å². The van der Waals surface area contributed by atoms with Gasteiger partial charge >= 0.3 is 23.5 Å². The third-order valence-electron chi connectivity index (χ3n) is 7.97. The Bertz CT molecular complexity index is 1910. The fourth-order valence-corrected chi connectivity index (χ4v) is 8.14. The van der Waals surface area contributed by atoms with Crippen LogP contribution in [0.4, 0.5) is 5.82 Å². The van der Waals surface area contributed by atoms with Crippen molar-refractivity contribution < 1.29 is 90.4 Å². The maximum absolute atomic E-state index is 12.6. The number of nitrogen functional groups attached to an aromatic ring is 1. The lowest BCUT2D eigenvalue weighted by Crippen LogP contribution is -2.47. The average Bonchev–Trinajstić information content (AvgIpc) is 3.71. The number of carboxylic acids is 1. The summed E-state index contributed by atoms with van der Waals surface area (Å²) < 4.78 is 68.7. The fraction of sp³-hybridized carbons (Fsp3) is 0.560. The molecule has 3 aromatic rings. The van der Waals surface area contributed by atoms with Crippen molar-refractivity contribution in [2.45, 2.75) is 75.3 Å². The van der Waals surface area contributed by atoms with E-state index in [9.17, 15) is 58.5 Å². The van der Waals surface area contributed by atoms with Crippen LogP contribution in [-0.2, 0) is 47.5 Å². The van der Waals surface area contributed by atoms with E-state index in [1.165, 1.54) is 12.3 Å². The summed E-state index contributed by atoms with van der Waals surface area (Å²) in [7, 11) is -16.4. The molecule has 2 aliphatic rings. The Labute approximate surface area is 292 Å². The molecule has 0 amide bonds. The lowest BCUT2D eigenvalue weighted by molar-refractivity contribution is -0.766. The van der Waals surface area contributed by atoms with E-state index in [0.29, 0.717) is 18.4 Å². The van der Waals surface area contributed by atoms with Gasteiger partial charge in [-0.1, -0.05) is 13.3 Å². The van der Waals surface area contributed by atoms with Crippen molar-refractivity contribution in [1.29, 1.82) is 0 Å². The zero-order valence-electron chi connectivity index (χ0n) is 26.8. The molecule has 5 heterocycles. The molecule has 2 fully saturated rings. The van der Waals surface area contributed by atoms with Crippen LogP contribution in [0.15, 0.2) is 31.1 Å². The van der Waals surface area contributed by atoms with Gasteiger partial charge in [0, 0.05) is 6.07 Å². The number of aromatic nitrogens is 5. The second-order valence-corrected chi connectivity index (χ2v) is 15.8. The first kappa shape index (κ1) is 40.3. The highest BCUT2D eigenvalue weighted by Gasteiger charge is 2.51. The molecule has 24 nitrogen and oxygen atoms in total. The minimum absolute atomic E-state index is 0.00321. The minimum Gasteiger partial charge on any atom is -0.545 e. The number of unbranched alkanes of at least 4 members (excludes halogenated alkanes) is 1. The first-order valence-corrected chi connectivity index (χ1v) is 19.8. The Morgan fingerprint density at radius 2 is 1.65 bits per heavy atom. The number of ether oxygens (including phenoxy) is 2. The van der Waals surface area contributed by atoms with Gasteiger partial charge in [-0.15, -0.1) is 0 Å². The van der Waals surface area contributed by atoms with Gasteiger partial charge < -0.3 is 60.0 Å². The van der Waals surface area contributed by atoms with Crippen LogP contribution in [0.5, 0.6) is 0 Å². The molecule has 2 unspecified atom stereocenters. The number of fused-ring (bicyclic) bond motifs is 1. The first-order chi connectivity index (χ1) is 24.3. The summed E-state index contributed by atoms with van der Waals surface area (Å²) in [5.74, 6) is -1.55. The van der Waals surface area contributed by atoms with Gasteiger partial charge in [0.1, 0.15) is 42.4 Å². The van der Waals surface area contributed by atoms with Crippen LogP contribution in [-0.4, -0.2) is 110 Å². The molecule has 288 valence electrons. The molecule has 5 rings (SSSR count). The van der Waals surface area contributed by atoms with Crippen LogP contribution in [0.1, 0.15) is 48.1 Å². The van der Waals surface area contributed by atoms with Gasteiger partial charge in [-0.25, -0.2) is 28.6 Å². The van der Waals surface area contributed by atoms with E-state index < -0.39 is 91.7 Å². The monoisotopic (exact) mass is 800 g/mol. The van der Waals surface area contributed by atoms with Gasteiger partial charge in [-0.3, -0.25) is 18.1 Å². The quantitative estimate of drug-likeness (QED) is 0.0558. The van der Waals surface area contributed by atoms with Crippen LogP contribution >= 0.6 is 23.5 Å². The van der Waals surface area contributed by atoms with Gasteiger partial charge in [0.25, 0.3) is 6.23 Å². The number of hydrogen-bond acceptors (Lipinski definition) is 18. The van der Waals surface area contributed by atoms with Crippen molar-refractivity contribution in [2.24, 2.45) is 0 Å². The number of aryl methyl sites for hydroxylation is 1. The number of phosphoric acid groups is 3. The summed E-state index contributed by atoms with van der Waals surface area (Å²) in [4.78, 5) is 62.6. The van der Waals surface area contributed by atoms with Crippen molar-refractivity contribution in [3.63, 3.8) is 0 Å². The van der Waals surface area contributed by atoms with Gasteiger partial charge in [0.05, 0.1) is 31.1 Å². The molecule has 0 aliphatic carbocycles. The number of pyridine rings is 1. The number of carbonyl (C=O) groups excluding carboxylic acids is 1. The lowest BCUT2D eigenvalue weighted by Gasteiger charge is -2.22. The van der Waals surface area contributed by atoms with Gasteiger partial charge in [-0.2, -0.15) is 8.88 Å². The summed E-state index contributed by atoms with van der Waals surface area (Å²) in [6.07, 6.45) is -6.84. The molecule has 0 aromatic carbocycles. The van der Waals surface area contributed by atoms with E-state index in [-0.39, 0.29) is 22.5 Å². The average molecular weight is 801 g/mol. The van der Waals surface area contributed by atoms with Crippen molar-refractivity contribution in [3.05, 3.63) is 42.2 Å². The molecule has 2 saturated heterocycles. The number of imidazole rings is 1. The number of anilines is 1. The molecule has 52 heavy (non-hydrogen) atoms. The molecular formula is C25H35N6O18P3. The van der Waals surface area contributed by atoms with Crippen molar-refractivity contribution >= 4 is 46.4 Å². The van der Waals surface area contributed by atoms with Gasteiger partial charge in [-0.05, 0) is 18.4 Å². The predicted molar refractivity (Wildman–Crippen MR) is 165 cm³/mol. The third-order valence-corrected chi connectivity index (χ3v) is 11.1. The summed E-state index contributed by atoms with van der Waals surface area (Å²) in [5, 5.41) is 43.6. The number of rotatable bonds is 16. The number of carboxylic acid groups (broad SMARTS) is 1. The summed E-state index contributed by atoms with van der Waals surface area (Å²) in [6, 6.07) is 1.48. The van der Waals surface area contributed by atoms with Crippen LogP contribution < -0.4 is 15.4 Å². The number of aliphatic hydroxyl groups excluding tert-OH is 3. The second kappa shape index (κ2) is 15.9. The lowest BCUT2D eigenvalue weighted by atomic mass is 10.0. The summed E-state index contributed by atoms with van der Waals surface area (Å²) in [5.41, 5.74) is 6.11. The SMILES string of the molecule is CCCCc1cc[n+]([C@H]2O[C@@H](COP(=O)(O)OP(=O)(O)OC[C@H]3O[C@@H](n4cnc5c(N)ncnc54)[C@H](OP(=O)(O)O)[C@@H]3O)[C@H](O)[C@@H]2O)cc1C(=O)[O-]. The summed E-state index contributed by atoms with van der Waals surface area (Å²) >= 11 is 0. The highest BCUT2D eigenvalue weighted by atomic mass is 31.3. The highest BCUT2D eigenvalue weighted by molar-refractivity contribution is 7.61. The van der Waals surface area contributed by atoms with E-state index in [1.807, 2.05) is 6.92 Å². The fourth-order valence-electron chi connectivity index (χ4n) is 5.50. The predicted octanol–water partition coefficient (Wildman–Crippen LogP) is -2.29. The minimum atomic E-state index is -5.55. The number of carbonyl (C=O) groups is 1. The van der Waals surface area contributed by atoms with Gasteiger partial charge in [0.15, 0.2) is 36.2 Å². The zero-order chi connectivity index (χ0) is 38.2. The van der Waals surface area contributed by atoms with Crippen LogP contribution in [0.25, 0.3) is 11.2 Å². The van der Waals surface area contributed by atoms with Crippen molar-refractivity contribution in [1.82, 2.24) is 19.5 Å². The molecule has 3 aromatic heterocycles. The number of phosphoric ester groups is 3. The molecule has 0 bridgehead atoms. The second-order valence-electron chi connectivity index (χ2n) is 11.6. The Morgan fingerprint density at radius 1 is 1.00 bits per heavy atom. The van der Waals surface area contributed by atoms with Crippen LogP contribution in [0.3, 0.4) is 0 Å². The molecule has 0 radical (unpaired) electrons. The molecular weight excluding hydrogens is 765 g/mol. The normalized spacial score (nSPS) is 28.9. The largest absolute Gasteiger partial charge is 0.545 e.